The van der Waals surface area contributed by atoms with Gasteiger partial charge >= 0.3 is 0 Å². The molecule has 1 N–H and O–H groups in total. The first-order chi connectivity index (χ1) is 6.63. The second-order valence-corrected chi connectivity index (χ2v) is 3.57. The summed E-state index contributed by atoms with van der Waals surface area (Å²) in [6.07, 6.45) is 0. The van der Waals surface area contributed by atoms with Crippen molar-refractivity contribution in [1.29, 1.82) is 0 Å². The molecule has 0 unspecified atom stereocenters. The average Bonchev–Trinajstić information content (AvgIpc) is 2.16. The summed E-state index contributed by atoms with van der Waals surface area (Å²) in [4.78, 5) is 0. The molecule has 0 aliphatic carbocycles. The Morgan fingerprint density at radius 3 is 2.86 bits per heavy atom. The van der Waals surface area contributed by atoms with E-state index in [-0.39, 0.29) is 5.82 Å². The maximum atomic E-state index is 12.7. The third-order valence-corrected chi connectivity index (χ3v) is 2.37. The molecule has 0 aliphatic rings. The molecule has 0 amide bonds. The van der Waals surface area contributed by atoms with E-state index >= 15 is 0 Å². The normalized spacial score (nSPS) is 11.6. The van der Waals surface area contributed by atoms with Crippen molar-refractivity contribution in [2.45, 2.75) is 6.92 Å². The van der Waals surface area contributed by atoms with Gasteiger partial charge in [-0.2, -0.15) is 0 Å². The van der Waals surface area contributed by atoms with Gasteiger partial charge in [0, 0.05) is 16.3 Å². The van der Waals surface area contributed by atoms with Crippen LogP contribution in [0.25, 0.3) is 0 Å². The second kappa shape index (κ2) is 5.23. The van der Waals surface area contributed by atoms with E-state index in [2.05, 4.69) is 5.32 Å². The standard InChI is InChI=1S/C10H10Cl2FN/c1-7-4-9(13)2-3-10(7)14-6-8(12)5-11/h2-5,14H,6H2,1H3. The third-order valence-electron chi connectivity index (χ3n) is 1.75. The van der Waals surface area contributed by atoms with E-state index in [1.165, 1.54) is 17.7 Å². The number of hydrogen-bond donors (Lipinski definition) is 1. The fourth-order valence-corrected chi connectivity index (χ4v) is 1.19. The van der Waals surface area contributed by atoms with Crippen LogP contribution in [-0.4, -0.2) is 6.54 Å². The van der Waals surface area contributed by atoms with Gasteiger partial charge in [-0.05, 0) is 30.7 Å². The minimum atomic E-state index is -0.243. The number of anilines is 1. The molecule has 0 heterocycles. The van der Waals surface area contributed by atoms with Gasteiger partial charge in [-0.25, -0.2) is 4.39 Å². The number of halogens is 3. The first-order valence-electron chi connectivity index (χ1n) is 4.08. The van der Waals surface area contributed by atoms with E-state index in [1.54, 1.807) is 6.07 Å². The molecule has 0 saturated heterocycles. The van der Waals surface area contributed by atoms with Crippen LogP contribution in [0.5, 0.6) is 0 Å². The van der Waals surface area contributed by atoms with Crippen LogP contribution in [0.15, 0.2) is 28.8 Å². The molecule has 0 saturated carbocycles. The van der Waals surface area contributed by atoms with Crippen LogP contribution in [0.3, 0.4) is 0 Å². The quantitative estimate of drug-likeness (QED) is 0.837. The summed E-state index contributed by atoms with van der Waals surface area (Å²) in [7, 11) is 0. The van der Waals surface area contributed by atoms with Gasteiger partial charge < -0.3 is 5.32 Å². The molecule has 76 valence electrons. The number of aryl methyl sites for hydroxylation is 1. The lowest BCUT2D eigenvalue weighted by Gasteiger charge is -2.08. The zero-order valence-electron chi connectivity index (χ0n) is 7.65. The van der Waals surface area contributed by atoms with Gasteiger partial charge in [0.2, 0.25) is 0 Å². The lowest BCUT2D eigenvalue weighted by atomic mass is 10.2. The minimum Gasteiger partial charge on any atom is -0.380 e. The van der Waals surface area contributed by atoms with Crippen molar-refractivity contribution in [3.63, 3.8) is 0 Å². The van der Waals surface area contributed by atoms with Crippen molar-refractivity contribution in [1.82, 2.24) is 0 Å². The Morgan fingerprint density at radius 1 is 1.57 bits per heavy atom. The smallest absolute Gasteiger partial charge is 0.123 e. The Balaban J connectivity index is 2.68. The monoisotopic (exact) mass is 233 g/mol. The summed E-state index contributed by atoms with van der Waals surface area (Å²) >= 11 is 11.1. The van der Waals surface area contributed by atoms with Crippen LogP contribution < -0.4 is 5.32 Å². The van der Waals surface area contributed by atoms with Crippen molar-refractivity contribution in [3.05, 3.63) is 40.1 Å². The summed E-state index contributed by atoms with van der Waals surface area (Å²) in [5.74, 6) is -0.243. The van der Waals surface area contributed by atoms with Crippen molar-refractivity contribution < 1.29 is 4.39 Å². The van der Waals surface area contributed by atoms with E-state index in [4.69, 9.17) is 23.2 Å². The molecule has 1 nitrogen and oxygen atoms in total. The van der Waals surface area contributed by atoms with Crippen LogP contribution in [0.1, 0.15) is 5.56 Å². The molecule has 0 fully saturated rings. The number of nitrogens with one attached hydrogen (secondary N) is 1. The van der Waals surface area contributed by atoms with Crippen LogP contribution in [0.2, 0.25) is 0 Å². The first kappa shape index (κ1) is 11.3. The molecule has 0 aromatic heterocycles. The molecule has 0 radical (unpaired) electrons. The van der Waals surface area contributed by atoms with E-state index in [9.17, 15) is 4.39 Å². The van der Waals surface area contributed by atoms with Crippen LogP contribution in [0, 0.1) is 12.7 Å². The summed E-state index contributed by atoms with van der Waals surface area (Å²) in [5, 5.41) is 3.55. The summed E-state index contributed by atoms with van der Waals surface area (Å²) in [6.45, 7) is 2.27. The van der Waals surface area contributed by atoms with Crippen molar-refractivity contribution in [2.75, 3.05) is 11.9 Å². The molecule has 0 atom stereocenters. The van der Waals surface area contributed by atoms with E-state index in [0.29, 0.717) is 11.6 Å². The molecule has 14 heavy (non-hydrogen) atoms. The van der Waals surface area contributed by atoms with Crippen molar-refractivity contribution >= 4 is 28.9 Å². The van der Waals surface area contributed by atoms with Gasteiger partial charge in [0.25, 0.3) is 0 Å². The van der Waals surface area contributed by atoms with Gasteiger partial charge in [-0.15, -0.1) is 0 Å². The fourth-order valence-electron chi connectivity index (χ4n) is 1.04. The molecule has 4 heteroatoms. The van der Waals surface area contributed by atoms with E-state index < -0.39 is 0 Å². The molecule has 1 aromatic carbocycles. The predicted octanol–water partition coefficient (Wildman–Crippen LogP) is 3.87. The highest BCUT2D eigenvalue weighted by molar-refractivity contribution is 6.36. The van der Waals surface area contributed by atoms with Crippen LogP contribution in [0.4, 0.5) is 10.1 Å². The van der Waals surface area contributed by atoms with Gasteiger partial charge in [0.1, 0.15) is 5.82 Å². The minimum absolute atomic E-state index is 0.243. The maximum Gasteiger partial charge on any atom is 0.123 e. The number of rotatable bonds is 3. The third kappa shape index (κ3) is 3.20. The Hall–Kier alpha value is -0.730. The Kier molecular flexibility index (Phi) is 4.23. The highest BCUT2D eigenvalue weighted by Crippen LogP contribution is 2.16. The predicted molar refractivity (Wildman–Crippen MR) is 59.4 cm³/mol. The lowest BCUT2D eigenvalue weighted by molar-refractivity contribution is 0.627. The molecule has 1 aromatic rings. The molecule has 0 bridgehead atoms. The largest absolute Gasteiger partial charge is 0.380 e. The van der Waals surface area contributed by atoms with Crippen molar-refractivity contribution in [3.8, 4) is 0 Å². The zero-order chi connectivity index (χ0) is 10.6. The summed E-state index contributed by atoms with van der Waals surface area (Å²) in [6, 6.07) is 4.53. The Labute approximate surface area is 92.5 Å². The fraction of sp³-hybridized carbons (Fsp3) is 0.200. The van der Waals surface area contributed by atoms with Crippen LogP contribution >= 0.6 is 23.2 Å². The Morgan fingerprint density at radius 2 is 2.29 bits per heavy atom. The van der Waals surface area contributed by atoms with Crippen LogP contribution in [-0.2, 0) is 0 Å². The lowest BCUT2D eigenvalue weighted by Crippen LogP contribution is -2.02. The van der Waals surface area contributed by atoms with Gasteiger partial charge in [-0.3, -0.25) is 0 Å². The number of benzene rings is 1. The molecule has 1 rings (SSSR count). The SMILES string of the molecule is Cc1cc(F)ccc1NCC(Cl)=CCl. The summed E-state index contributed by atoms with van der Waals surface area (Å²) < 4.78 is 12.7. The molecule has 0 spiro atoms. The molecular formula is C10H10Cl2FN. The zero-order valence-corrected chi connectivity index (χ0v) is 9.16. The van der Waals surface area contributed by atoms with Crippen molar-refractivity contribution in [2.24, 2.45) is 0 Å². The van der Waals surface area contributed by atoms with Gasteiger partial charge in [-0.1, -0.05) is 23.2 Å². The highest BCUT2D eigenvalue weighted by atomic mass is 35.5. The van der Waals surface area contributed by atoms with E-state index in [0.717, 1.165) is 11.3 Å². The average molecular weight is 234 g/mol. The Bertz CT molecular complexity index is 350. The topological polar surface area (TPSA) is 12.0 Å². The molecule has 0 aliphatic heterocycles. The van der Waals surface area contributed by atoms with Gasteiger partial charge in [0.05, 0.1) is 6.54 Å². The van der Waals surface area contributed by atoms with Gasteiger partial charge in [0.15, 0.2) is 0 Å². The second-order valence-electron chi connectivity index (χ2n) is 2.87. The molecular weight excluding hydrogens is 224 g/mol. The highest BCUT2D eigenvalue weighted by Gasteiger charge is 1.99. The number of hydrogen-bond acceptors (Lipinski definition) is 1. The maximum absolute atomic E-state index is 12.7. The summed E-state index contributed by atoms with van der Waals surface area (Å²) in [5.41, 5.74) is 2.99. The first-order valence-corrected chi connectivity index (χ1v) is 4.89. The van der Waals surface area contributed by atoms with E-state index in [1.807, 2.05) is 6.92 Å².